The number of halogens is 4. The lowest BCUT2D eigenvalue weighted by Crippen LogP contribution is -2.23. The quantitative estimate of drug-likeness (QED) is 0.249. The van der Waals surface area contributed by atoms with Crippen LogP contribution >= 0.6 is 0 Å². The van der Waals surface area contributed by atoms with Gasteiger partial charge in [-0.3, -0.25) is 4.79 Å². The van der Waals surface area contributed by atoms with Crippen molar-refractivity contribution in [2.45, 2.75) is 19.1 Å². The van der Waals surface area contributed by atoms with E-state index in [1.807, 2.05) is 12.1 Å². The summed E-state index contributed by atoms with van der Waals surface area (Å²) in [6, 6.07) is 11.5. The first kappa shape index (κ1) is 25.0. The van der Waals surface area contributed by atoms with E-state index in [1.165, 1.54) is 12.1 Å². The van der Waals surface area contributed by atoms with Gasteiger partial charge in [-0.05, 0) is 42.8 Å². The molecule has 0 saturated carbocycles. The first-order chi connectivity index (χ1) is 17.1. The van der Waals surface area contributed by atoms with Gasteiger partial charge in [0.25, 0.3) is 0 Å². The van der Waals surface area contributed by atoms with Gasteiger partial charge in [0.15, 0.2) is 17.5 Å². The second-order valence-electron chi connectivity index (χ2n) is 8.12. The maximum absolute atomic E-state index is 14.4. The molecule has 188 valence electrons. The van der Waals surface area contributed by atoms with Crippen molar-refractivity contribution in [3.8, 4) is 17.1 Å². The molecule has 0 aliphatic heterocycles. The van der Waals surface area contributed by atoms with Crippen LogP contribution in [0.4, 0.5) is 23.4 Å². The minimum absolute atomic E-state index is 0.0288. The van der Waals surface area contributed by atoms with Gasteiger partial charge in [-0.2, -0.15) is 13.2 Å². The summed E-state index contributed by atoms with van der Waals surface area (Å²) in [6.45, 7) is 0.609. The summed E-state index contributed by atoms with van der Waals surface area (Å²) >= 11 is 0. The van der Waals surface area contributed by atoms with Gasteiger partial charge in [-0.25, -0.2) is 14.4 Å². The maximum Gasteiger partial charge on any atom is 0.416 e. The monoisotopic (exact) mass is 502 g/mol. The molecular formula is C25H22F4N4O3. The number of aliphatic carboxylic acids is 1. The Morgan fingerprint density at radius 1 is 1.14 bits per heavy atom. The molecule has 0 amide bonds. The highest BCUT2D eigenvalue weighted by atomic mass is 19.4. The zero-order chi connectivity index (χ0) is 25.9. The van der Waals surface area contributed by atoms with Gasteiger partial charge in [0.1, 0.15) is 12.3 Å². The Balaban J connectivity index is 1.35. The third kappa shape index (κ3) is 5.73. The van der Waals surface area contributed by atoms with Crippen molar-refractivity contribution in [1.82, 2.24) is 14.5 Å². The minimum atomic E-state index is -4.45. The van der Waals surface area contributed by atoms with E-state index in [-0.39, 0.29) is 18.2 Å². The molecule has 0 unspecified atom stereocenters. The minimum Gasteiger partial charge on any atom is -0.494 e. The third-order valence-electron chi connectivity index (χ3n) is 5.51. The third-order valence-corrected chi connectivity index (χ3v) is 5.51. The largest absolute Gasteiger partial charge is 0.494 e. The van der Waals surface area contributed by atoms with Crippen molar-refractivity contribution in [3.63, 3.8) is 0 Å². The average Bonchev–Trinajstić information content (AvgIpc) is 3.23. The van der Waals surface area contributed by atoms with Crippen LogP contribution in [0.3, 0.4) is 0 Å². The lowest BCUT2D eigenvalue weighted by atomic mass is 10.1. The Morgan fingerprint density at radius 3 is 2.58 bits per heavy atom. The van der Waals surface area contributed by atoms with E-state index in [2.05, 4.69) is 9.97 Å². The molecule has 0 radical (unpaired) electrons. The van der Waals surface area contributed by atoms with E-state index in [0.717, 1.165) is 29.2 Å². The number of carbonyl (C=O) groups is 1. The van der Waals surface area contributed by atoms with Crippen molar-refractivity contribution in [2.24, 2.45) is 0 Å². The SMILES string of the molecule is CN(CCCOc1ccc2c(ccn2CC(=O)O)c1)c1nc(-c2ccc(C(F)(F)F)cc2)ncc1F. The van der Waals surface area contributed by atoms with Gasteiger partial charge in [0.2, 0.25) is 0 Å². The number of rotatable bonds is 9. The van der Waals surface area contributed by atoms with Crippen LogP contribution in [0.2, 0.25) is 0 Å². The van der Waals surface area contributed by atoms with Gasteiger partial charge in [0, 0.05) is 36.3 Å². The fraction of sp³-hybridized carbons (Fsp3) is 0.240. The summed E-state index contributed by atoms with van der Waals surface area (Å²) in [6.07, 6.45) is -1.22. The number of nitrogens with zero attached hydrogens (tertiary/aromatic N) is 4. The van der Waals surface area contributed by atoms with Crippen LogP contribution < -0.4 is 9.64 Å². The van der Waals surface area contributed by atoms with Crippen molar-refractivity contribution >= 4 is 22.7 Å². The van der Waals surface area contributed by atoms with Crippen LogP contribution in [-0.2, 0) is 17.5 Å². The van der Waals surface area contributed by atoms with Gasteiger partial charge in [0.05, 0.1) is 18.4 Å². The van der Waals surface area contributed by atoms with Crippen molar-refractivity contribution in [3.05, 3.63) is 72.3 Å². The smallest absolute Gasteiger partial charge is 0.416 e. The zero-order valence-electron chi connectivity index (χ0n) is 19.2. The van der Waals surface area contributed by atoms with E-state index in [0.29, 0.717) is 30.9 Å². The molecule has 0 spiro atoms. The summed E-state index contributed by atoms with van der Waals surface area (Å²) in [5.74, 6) is -0.808. The number of carboxylic acid groups (broad SMARTS) is 1. The Morgan fingerprint density at radius 2 is 1.89 bits per heavy atom. The molecule has 4 rings (SSSR count). The molecule has 2 heterocycles. The van der Waals surface area contributed by atoms with E-state index >= 15 is 0 Å². The molecule has 36 heavy (non-hydrogen) atoms. The Kier molecular flexibility index (Phi) is 7.09. The van der Waals surface area contributed by atoms with Crippen LogP contribution in [0, 0.1) is 5.82 Å². The predicted molar refractivity (Wildman–Crippen MR) is 125 cm³/mol. The lowest BCUT2D eigenvalue weighted by molar-refractivity contribution is -0.138. The molecule has 1 N–H and O–H groups in total. The van der Waals surface area contributed by atoms with E-state index in [1.54, 1.807) is 34.8 Å². The zero-order valence-corrected chi connectivity index (χ0v) is 19.2. The van der Waals surface area contributed by atoms with Gasteiger partial charge >= 0.3 is 12.1 Å². The van der Waals surface area contributed by atoms with Gasteiger partial charge < -0.3 is 19.3 Å². The molecule has 0 aliphatic carbocycles. The Bertz CT molecular complexity index is 1370. The fourth-order valence-electron chi connectivity index (χ4n) is 3.72. The Hall–Kier alpha value is -4.15. The van der Waals surface area contributed by atoms with Crippen LogP contribution in [0.25, 0.3) is 22.3 Å². The summed E-state index contributed by atoms with van der Waals surface area (Å²) < 4.78 is 60.2. The van der Waals surface area contributed by atoms with E-state index in [9.17, 15) is 22.4 Å². The molecule has 11 heteroatoms. The number of ether oxygens (including phenoxy) is 1. The fourth-order valence-corrected chi connectivity index (χ4v) is 3.72. The van der Waals surface area contributed by atoms with Crippen molar-refractivity contribution in [1.29, 1.82) is 0 Å². The molecule has 2 aromatic carbocycles. The number of anilines is 1. The molecule has 0 saturated heterocycles. The normalized spacial score (nSPS) is 11.6. The highest BCUT2D eigenvalue weighted by Crippen LogP contribution is 2.31. The predicted octanol–water partition coefficient (Wildman–Crippen LogP) is 5.25. The molecule has 0 atom stereocenters. The standard InChI is InChI=1S/C25H22F4N4O3/c1-32(10-2-12-36-19-7-8-21-17(13-19)9-11-33(21)15-22(34)35)24-20(26)14-30-23(31-24)16-3-5-18(6-4-16)25(27,28)29/h3-9,11,13-14H,2,10,12,15H2,1H3,(H,34,35). The molecule has 0 fully saturated rings. The molecule has 0 aliphatic rings. The average molecular weight is 502 g/mol. The molecule has 2 aromatic heterocycles. The number of aromatic nitrogens is 3. The second-order valence-corrected chi connectivity index (χ2v) is 8.12. The first-order valence-corrected chi connectivity index (χ1v) is 11.0. The van der Waals surface area contributed by atoms with Crippen LogP contribution in [0.1, 0.15) is 12.0 Å². The molecule has 4 aromatic rings. The summed E-state index contributed by atoms with van der Waals surface area (Å²) in [7, 11) is 1.65. The summed E-state index contributed by atoms with van der Waals surface area (Å²) in [5.41, 5.74) is 0.337. The van der Waals surface area contributed by atoms with Gasteiger partial charge in [-0.15, -0.1) is 0 Å². The first-order valence-electron chi connectivity index (χ1n) is 11.0. The number of hydrogen-bond acceptors (Lipinski definition) is 5. The van der Waals surface area contributed by atoms with Crippen LogP contribution in [0.15, 0.2) is 60.9 Å². The Labute approximate surface area is 203 Å². The van der Waals surface area contributed by atoms with Crippen LogP contribution in [-0.4, -0.2) is 45.8 Å². The highest BCUT2D eigenvalue weighted by molar-refractivity contribution is 5.83. The van der Waals surface area contributed by atoms with Crippen molar-refractivity contribution < 1.29 is 32.2 Å². The number of alkyl halides is 3. The number of benzene rings is 2. The summed E-state index contributed by atoms with van der Waals surface area (Å²) in [4.78, 5) is 20.6. The van der Waals surface area contributed by atoms with E-state index < -0.39 is 23.5 Å². The maximum atomic E-state index is 14.4. The van der Waals surface area contributed by atoms with Crippen LogP contribution in [0.5, 0.6) is 5.75 Å². The highest BCUT2D eigenvalue weighted by Gasteiger charge is 2.30. The lowest BCUT2D eigenvalue weighted by Gasteiger charge is -2.19. The van der Waals surface area contributed by atoms with Crippen molar-refractivity contribution in [2.75, 3.05) is 25.1 Å². The molecule has 0 bridgehead atoms. The van der Waals surface area contributed by atoms with E-state index in [4.69, 9.17) is 9.84 Å². The second kappa shape index (κ2) is 10.2. The molecule has 7 nitrogen and oxygen atoms in total. The number of hydrogen-bond donors (Lipinski definition) is 1. The summed E-state index contributed by atoms with van der Waals surface area (Å²) in [5, 5.41) is 9.83. The van der Waals surface area contributed by atoms with Gasteiger partial charge in [-0.1, -0.05) is 12.1 Å². The number of carboxylic acids is 1. The number of fused-ring (bicyclic) bond motifs is 1. The molecular weight excluding hydrogens is 480 g/mol. The topological polar surface area (TPSA) is 80.5 Å².